The normalized spacial score (nSPS) is 10.5. The number of aromatic carboxylic acids is 1. The van der Waals surface area contributed by atoms with E-state index >= 15 is 0 Å². The van der Waals surface area contributed by atoms with Crippen molar-refractivity contribution in [3.63, 3.8) is 0 Å². The molecule has 0 aliphatic heterocycles. The number of methoxy groups -OCH3 is 1. The van der Waals surface area contributed by atoms with Crippen LogP contribution in [0.1, 0.15) is 10.5 Å². The summed E-state index contributed by atoms with van der Waals surface area (Å²) in [6.45, 7) is 0. The smallest absolute Gasteiger partial charge is 0.356 e. The number of rotatable bonds is 3. The summed E-state index contributed by atoms with van der Waals surface area (Å²) in [5.74, 6) is -1.32. The van der Waals surface area contributed by atoms with E-state index in [1.807, 2.05) is 0 Å². The van der Waals surface area contributed by atoms with Crippen LogP contribution in [0.25, 0.3) is 11.3 Å². The van der Waals surface area contributed by atoms with Gasteiger partial charge in [0, 0.05) is 12.6 Å². The lowest BCUT2D eigenvalue weighted by atomic mass is 10.1. The first kappa shape index (κ1) is 13.5. The number of ether oxygens (including phenoxy) is 1. The average molecular weight is 329 g/mol. The second-order valence-corrected chi connectivity index (χ2v) is 4.58. The quantitative estimate of drug-likeness (QED) is 0.940. The van der Waals surface area contributed by atoms with Crippen molar-refractivity contribution in [1.82, 2.24) is 9.78 Å². The van der Waals surface area contributed by atoms with Gasteiger partial charge in [-0.15, -0.1) is 0 Å². The first-order valence-corrected chi connectivity index (χ1v) is 6.04. The van der Waals surface area contributed by atoms with E-state index in [4.69, 9.17) is 9.84 Å². The van der Waals surface area contributed by atoms with Crippen LogP contribution in [0.15, 0.2) is 22.7 Å². The van der Waals surface area contributed by atoms with E-state index in [-0.39, 0.29) is 15.7 Å². The van der Waals surface area contributed by atoms with Crippen LogP contribution in [0.5, 0.6) is 5.75 Å². The van der Waals surface area contributed by atoms with Crippen LogP contribution in [0.4, 0.5) is 4.39 Å². The Hall–Kier alpha value is -1.89. The van der Waals surface area contributed by atoms with Crippen molar-refractivity contribution >= 4 is 21.9 Å². The van der Waals surface area contributed by atoms with Gasteiger partial charge in [-0.25, -0.2) is 9.18 Å². The van der Waals surface area contributed by atoms with Gasteiger partial charge in [-0.3, -0.25) is 4.68 Å². The molecule has 0 atom stereocenters. The van der Waals surface area contributed by atoms with Gasteiger partial charge >= 0.3 is 5.97 Å². The third-order valence-electron chi connectivity index (χ3n) is 2.64. The van der Waals surface area contributed by atoms with Crippen molar-refractivity contribution < 1.29 is 19.0 Å². The minimum Gasteiger partial charge on any atom is -0.495 e. The molecule has 7 heteroatoms. The van der Waals surface area contributed by atoms with Crippen molar-refractivity contribution in [2.45, 2.75) is 0 Å². The zero-order chi connectivity index (χ0) is 14.2. The lowest BCUT2D eigenvalue weighted by Gasteiger charge is -2.08. The summed E-state index contributed by atoms with van der Waals surface area (Å²) in [7, 11) is 2.99. The molecule has 0 saturated heterocycles. The van der Waals surface area contributed by atoms with E-state index in [1.165, 1.54) is 23.9 Å². The van der Waals surface area contributed by atoms with E-state index in [9.17, 15) is 9.18 Å². The monoisotopic (exact) mass is 328 g/mol. The molecule has 0 unspecified atom stereocenters. The van der Waals surface area contributed by atoms with Crippen LogP contribution in [0, 0.1) is 5.82 Å². The number of carboxylic acid groups (broad SMARTS) is 1. The summed E-state index contributed by atoms with van der Waals surface area (Å²) in [6, 6.07) is 4.43. The summed E-state index contributed by atoms with van der Waals surface area (Å²) in [5, 5.41) is 12.7. The summed E-state index contributed by atoms with van der Waals surface area (Å²) >= 11 is 3.10. The molecule has 100 valence electrons. The second-order valence-electron chi connectivity index (χ2n) is 3.79. The molecular formula is C12H10BrFN2O3. The van der Waals surface area contributed by atoms with E-state index in [0.717, 1.165) is 0 Å². The van der Waals surface area contributed by atoms with Crippen LogP contribution >= 0.6 is 15.9 Å². The van der Waals surface area contributed by atoms with Crippen molar-refractivity contribution in [1.29, 1.82) is 0 Å². The highest BCUT2D eigenvalue weighted by molar-refractivity contribution is 9.10. The standard InChI is InChI=1S/C12H10BrFN2O3/c1-16-8(5-7(15-16)12(17)18)6-3-4-9(19-2)10(13)11(6)14/h3-5H,1-2H3,(H,17,18). The predicted octanol–water partition coefficient (Wildman–Crippen LogP) is 2.70. The maximum Gasteiger partial charge on any atom is 0.356 e. The van der Waals surface area contributed by atoms with E-state index in [1.54, 1.807) is 13.1 Å². The van der Waals surface area contributed by atoms with Crippen molar-refractivity contribution in [2.75, 3.05) is 7.11 Å². The van der Waals surface area contributed by atoms with Crippen molar-refractivity contribution in [2.24, 2.45) is 7.05 Å². The zero-order valence-electron chi connectivity index (χ0n) is 10.1. The Balaban J connectivity index is 2.59. The Morgan fingerprint density at radius 2 is 2.21 bits per heavy atom. The Morgan fingerprint density at radius 1 is 1.53 bits per heavy atom. The lowest BCUT2D eigenvalue weighted by Crippen LogP contribution is -2.00. The van der Waals surface area contributed by atoms with Crippen molar-refractivity contribution in [3.05, 3.63) is 34.2 Å². The number of halogens is 2. The summed E-state index contributed by atoms with van der Waals surface area (Å²) in [4.78, 5) is 10.9. The topological polar surface area (TPSA) is 64.3 Å². The van der Waals surface area contributed by atoms with Gasteiger partial charge in [-0.05, 0) is 34.1 Å². The number of hydrogen-bond acceptors (Lipinski definition) is 3. The van der Waals surface area contributed by atoms with Crippen LogP contribution in [-0.2, 0) is 7.05 Å². The third-order valence-corrected chi connectivity index (χ3v) is 3.38. The maximum atomic E-state index is 14.2. The van der Waals surface area contributed by atoms with E-state index in [2.05, 4.69) is 21.0 Å². The predicted molar refractivity (Wildman–Crippen MR) is 69.8 cm³/mol. The molecule has 0 bridgehead atoms. The van der Waals surface area contributed by atoms with Crippen LogP contribution in [0.3, 0.4) is 0 Å². The molecule has 1 aromatic heterocycles. The molecular weight excluding hydrogens is 319 g/mol. The molecule has 5 nitrogen and oxygen atoms in total. The highest BCUT2D eigenvalue weighted by Gasteiger charge is 2.18. The molecule has 0 amide bonds. The summed E-state index contributed by atoms with van der Waals surface area (Å²) in [6.07, 6.45) is 0. The molecule has 2 rings (SSSR count). The summed E-state index contributed by atoms with van der Waals surface area (Å²) < 4.78 is 20.7. The Bertz CT molecular complexity index is 655. The molecule has 0 radical (unpaired) electrons. The molecule has 1 heterocycles. The molecule has 0 spiro atoms. The SMILES string of the molecule is COc1ccc(-c2cc(C(=O)O)nn2C)c(F)c1Br. The van der Waals surface area contributed by atoms with Gasteiger partial charge in [0.05, 0.1) is 17.3 Å². The van der Waals surface area contributed by atoms with Gasteiger partial charge in [0.1, 0.15) is 5.75 Å². The molecule has 2 aromatic rings. The number of aromatic nitrogens is 2. The first-order chi connectivity index (χ1) is 8.95. The molecule has 0 fully saturated rings. The third kappa shape index (κ3) is 2.33. The molecule has 1 aromatic carbocycles. The Morgan fingerprint density at radius 3 is 2.74 bits per heavy atom. The van der Waals surface area contributed by atoms with Gasteiger partial charge in [0.15, 0.2) is 11.5 Å². The molecule has 0 aliphatic carbocycles. The van der Waals surface area contributed by atoms with Gasteiger partial charge in [-0.2, -0.15) is 5.10 Å². The number of hydrogen-bond donors (Lipinski definition) is 1. The Labute approximate surface area is 116 Å². The Kier molecular flexibility index (Phi) is 3.57. The number of carboxylic acids is 1. The van der Waals surface area contributed by atoms with E-state index < -0.39 is 11.8 Å². The van der Waals surface area contributed by atoms with Crippen LogP contribution in [0.2, 0.25) is 0 Å². The van der Waals surface area contributed by atoms with Gasteiger partial charge in [0.2, 0.25) is 0 Å². The average Bonchev–Trinajstić information content (AvgIpc) is 2.75. The number of carbonyl (C=O) groups is 1. The first-order valence-electron chi connectivity index (χ1n) is 5.25. The summed E-state index contributed by atoms with van der Waals surface area (Å²) in [5.41, 5.74) is 0.484. The number of nitrogens with zero attached hydrogens (tertiary/aromatic N) is 2. The molecule has 19 heavy (non-hydrogen) atoms. The van der Waals surface area contributed by atoms with Gasteiger partial charge in [0.25, 0.3) is 0 Å². The minimum absolute atomic E-state index is 0.135. The highest BCUT2D eigenvalue weighted by Crippen LogP contribution is 2.34. The maximum absolute atomic E-state index is 14.2. The molecule has 1 N–H and O–H groups in total. The van der Waals surface area contributed by atoms with Crippen LogP contribution < -0.4 is 4.74 Å². The number of benzene rings is 1. The lowest BCUT2D eigenvalue weighted by molar-refractivity contribution is 0.0689. The largest absolute Gasteiger partial charge is 0.495 e. The molecule has 0 saturated carbocycles. The van der Waals surface area contributed by atoms with Crippen molar-refractivity contribution in [3.8, 4) is 17.0 Å². The number of aryl methyl sites for hydroxylation is 1. The molecule has 0 aliphatic rings. The fourth-order valence-corrected chi connectivity index (χ4v) is 2.22. The van der Waals surface area contributed by atoms with Gasteiger partial charge in [-0.1, -0.05) is 0 Å². The fraction of sp³-hybridized carbons (Fsp3) is 0.167. The van der Waals surface area contributed by atoms with E-state index in [0.29, 0.717) is 11.4 Å². The minimum atomic E-state index is -1.16. The van der Waals surface area contributed by atoms with Gasteiger partial charge < -0.3 is 9.84 Å². The fourth-order valence-electron chi connectivity index (χ4n) is 1.71. The highest BCUT2D eigenvalue weighted by atomic mass is 79.9. The zero-order valence-corrected chi connectivity index (χ0v) is 11.7. The van der Waals surface area contributed by atoms with Crippen LogP contribution in [-0.4, -0.2) is 28.0 Å². The second kappa shape index (κ2) is 5.00.